The van der Waals surface area contributed by atoms with Crippen molar-refractivity contribution in [1.29, 1.82) is 0 Å². The monoisotopic (exact) mass is 174 g/mol. The molecule has 0 aliphatic carbocycles. The van der Waals surface area contributed by atoms with Crippen molar-refractivity contribution in [1.82, 2.24) is 10.2 Å². The Kier molecular flexibility index (Phi) is 3.08. The van der Waals surface area contributed by atoms with Gasteiger partial charge in [-0.2, -0.15) is 0 Å². The van der Waals surface area contributed by atoms with E-state index >= 15 is 0 Å². The van der Waals surface area contributed by atoms with Gasteiger partial charge in [0.05, 0.1) is 6.10 Å². The molecule has 0 aromatic carbocycles. The summed E-state index contributed by atoms with van der Waals surface area (Å²) in [5.74, 6) is 0. The molecule has 0 bridgehead atoms. The number of ether oxygens (including phenoxy) is 1. The van der Waals surface area contributed by atoms with Crippen molar-refractivity contribution in [3.63, 3.8) is 0 Å². The minimum Gasteiger partial charge on any atom is -0.380 e. The van der Waals surface area contributed by atoms with Gasteiger partial charge in [0.2, 0.25) is 0 Å². The minimum atomic E-state index is 0.362. The van der Waals surface area contributed by atoms with Crippen LogP contribution >= 0.6 is 12.2 Å². The zero-order valence-corrected chi connectivity index (χ0v) is 7.78. The summed E-state index contributed by atoms with van der Waals surface area (Å²) in [5.41, 5.74) is 0. The number of rotatable bonds is 1. The van der Waals surface area contributed by atoms with Gasteiger partial charge in [-0.05, 0) is 18.6 Å². The van der Waals surface area contributed by atoms with Crippen molar-refractivity contribution in [2.45, 2.75) is 12.5 Å². The fourth-order valence-corrected chi connectivity index (χ4v) is 1.43. The van der Waals surface area contributed by atoms with Crippen molar-refractivity contribution in [3.8, 4) is 0 Å². The van der Waals surface area contributed by atoms with E-state index in [0.717, 1.165) is 24.6 Å². The highest BCUT2D eigenvalue weighted by atomic mass is 32.1. The maximum absolute atomic E-state index is 5.21. The topological polar surface area (TPSA) is 24.5 Å². The number of hydrogen-bond acceptors (Lipinski definition) is 2. The van der Waals surface area contributed by atoms with Gasteiger partial charge in [-0.1, -0.05) is 0 Å². The molecule has 11 heavy (non-hydrogen) atoms. The van der Waals surface area contributed by atoms with Crippen LogP contribution in [0.15, 0.2) is 0 Å². The summed E-state index contributed by atoms with van der Waals surface area (Å²) in [6.45, 7) is 1.94. The highest BCUT2D eigenvalue weighted by Crippen LogP contribution is 2.11. The van der Waals surface area contributed by atoms with Gasteiger partial charge < -0.3 is 15.0 Å². The lowest BCUT2D eigenvalue weighted by Gasteiger charge is -2.17. The molecule has 0 spiro atoms. The first kappa shape index (κ1) is 8.74. The zero-order valence-electron chi connectivity index (χ0n) is 6.96. The van der Waals surface area contributed by atoms with Crippen molar-refractivity contribution < 1.29 is 4.74 Å². The van der Waals surface area contributed by atoms with E-state index in [1.54, 1.807) is 7.11 Å². The van der Waals surface area contributed by atoms with Gasteiger partial charge in [0, 0.05) is 27.2 Å². The molecular weight excluding hydrogens is 160 g/mol. The van der Waals surface area contributed by atoms with Crippen LogP contribution in [0.4, 0.5) is 0 Å². The number of likely N-dealkylation sites (tertiary alicyclic amines) is 1. The third-order valence-electron chi connectivity index (χ3n) is 1.98. The standard InChI is InChI=1S/C7H14N2OS/c1-8-7(11)9-4-3-6(5-9)10-2/h6H,3-5H2,1-2H3,(H,8,11)/t6-/m1/s1. The van der Waals surface area contributed by atoms with E-state index in [4.69, 9.17) is 17.0 Å². The predicted octanol–water partition coefficient (Wildman–Crippen LogP) is 0.211. The van der Waals surface area contributed by atoms with Crippen LogP contribution in [0.2, 0.25) is 0 Å². The Morgan fingerprint density at radius 2 is 2.45 bits per heavy atom. The molecule has 0 unspecified atom stereocenters. The van der Waals surface area contributed by atoms with E-state index in [9.17, 15) is 0 Å². The molecule has 1 atom stereocenters. The summed E-state index contributed by atoms with van der Waals surface area (Å²) in [6.07, 6.45) is 1.44. The Morgan fingerprint density at radius 1 is 1.73 bits per heavy atom. The molecule has 4 heteroatoms. The van der Waals surface area contributed by atoms with E-state index in [2.05, 4.69) is 10.2 Å². The Morgan fingerprint density at radius 3 is 2.91 bits per heavy atom. The van der Waals surface area contributed by atoms with Gasteiger partial charge in [-0.15, -0.1) is 0 Å². The van der Waals surface area contributed by atoms with E-state index in [1.807, 2.05) is 7.05 Å². The molecule has 0 aromatic rings. The first-order valence-electron chi connectivity index (χ1n) is 3.77. The van der Waals surface area contributed by atoms with Crippen LogP contribution in [0.1, 0.15) is 6.42 Å². The molecule has 1 fully saturated rings. The first-order valence-corrected chi connectivity index (χ1v) is 4.18. The molecule has 64 valence electrons. The number of nitrogens with zero attached hydrogens (tertiary/aromatic N) is 1. The summed E-state index contributed by atoms with van der Waals surface area (Å²) >= 11 is 5.08. The Hall–Kier alpha value is -0.350. The minimum absolute atomic E-state index is 0.362. The van der Waals surface area contributed by atoms with Crippen LogP contribution in [-0.4, -0.2) is 43.4 Å². The fourth-order valence-electron chi connectivity index (χ4n) is 1.26. The van der Waals surface area contributed by atoms with Crippen LogP contribution in [0.3, 0.4) is 0 Å². The van der Waals surface area contributed by atoms with Gasteiger partial charge >= 0.3 is 0 Å². The maximum atomic E-state index is 5.21. The number of methoxy groups -OCH3 is 1. The van der Waals surface area contributed by atoms with Crippen LogP contribution in [0.5, 0.6) is 0 Å². The second-order valence-corrected chi connectivity index (χ2v) is 3.03. The summed E-state index contributed by atoms with van der Waals surface area (Å²) in [7, 11) is 3.60. The Balaban J connectivity index is 2.35. The normalized spacial score (nSPS) is 23.8. The van der Waals surface area contributed by atoms with Crippen LogP contribution in [-0.2, 0) is 4.74 Å². The lowest BCUT2D eigenvalue weighted by Crippen LogP contribution is -2.36. The fraction of sp³-hybridized carbons (Fsp3) is 0.857. The van der Waals surface area contributed by atoms with Crippen LogP contribution in [0.25, 0.3) is 0 Å². The van der Waals surface area contributed by atoms with E-state index in [-0.39, 0.29) is 0 Å². The SMILES string of the molecule is CNC(=S)N1CC[C@@H](OC)C1. The number of nitrogens with one attached hydrogen (secondary N) is 1. The van der Waals surface area contributed by atoms with Crippen LogP contribution in [0, 0.1) is 0 Å². The summed E-state index contributed by atoms with van der Waals surface area (Å²) in [4.78, 5) is 2.13. The summed E-state index contributed by atoms with van der Waals surface area (Å²) < 4.78 is 5.21. The summed E-state index contributed by atoms with van der Waals surface area (Å²) in [6, 6.07) is 0. The molecule has 0 radical (unpaired) electrons. The number of hydrogen-bond donors (Lipinski definition) is 1. The van der Waals surface area contributed by atoms with E-state index < -0.39 is 0 Å². The lowest BCUT2D eigenvalue weighted by molar-refractivity contribution is 0.114. The largest absolute Gasteiger partial charge is 0.380 e. The molecule has 0 aromatic heterocycles. The van der Waals surface area contributed by atoms with Gasteiger partial charge in [0.1, 0.15) is 0 Å². The van der Waals surface area contributed by atoms with Gasteiger partial charge in [-0.25, -0.2) is 0 Å². The van der Waals surface area contributed by atoms with Crippen molar-refractivity contribution in [2.24, 2.45) is 0 Å². The molecule has 1 aliphatic rings. The molecule has 1 rings (SSSR count). The molecule has 1 N–H and O–H groups in total. The second-order valence-electron chi connectivity index (χ2n) is 2.65. The smallest absolute Gasteiger partial charge is 0.168 e. The van der Waals surface area contributed by atoms with E-state index in [0.29, 0.717) is 6.10 Å². The van der Waals surface area contributed by atoms with Crippen molar-refractivity contribution >= 4 is 17.3 Å². The zero-order chi connectivity index (χ0) is 8.27. The van der Waals surface area contributed by atoms with Gasteiger partial charge in [0.15, 0.2) is 5.11 Å². The summed E-state index contributed by atoms with van der Waals surface area (Å²) in [5, 5.41) is 3.78. The van der Waals surface area contributed by atoms with E-state index in [1.165, 1.54) is 0 Å². The quantitative estimate of drug-likeness (QED) is 0.574. The highest BCUT2D eigenvalue weighted by Gasteiger charge is 2.22. The average molecular weight is 174 g/mol. The maximum Gasteiger partial charge on any atom is 0.168 e. The van der Waals surface area contributed by atoms with Crippen LogP contribution < -0.4 is 5.32 Å². The van der Waals surface area contributed by atoms with Crippen molar-refractivity contribution in [3.05, 3.63) is 0 Å². The predicted molar refractivity (Wildman–Crippen MR) is 48.6 cm³/mol. The Bertz CT molecular complexity index is 151. The molecule has 3 nitrogen and oxygen atoms in total. The van der Waals surface area contributed by atoms with Gasteiger partial charge in [-0.3, -0.25) is 0 Å². The third-order valence-corrected chi connectivity index (χ3v) is 2.44. The molecule has 1 saturated heterocycles. The number of thiocarbonyl (C=S) groups is 1. The second kappa shape index (κ2) is 3.88. The molecule has 1 heterocycles. The highest BCUT2D eigenvalue weighted by molar-refractivity contribution is 7.80. The van der Waals surface area contributed by atoms with Gasteiger partial charge in [0.25, 0.3) is 0 Å². The molecule has 0 amide bonds. The molecule has 1 aliphatic heterocycles. The average Bonchev–Trinajstić information content (AvgIpc) is 2.50. The third kappa shape index (κ3) is 2.04. The molecular formula is C7H14N2OS. The molecule has 0 saturated carbocycles. The Labute approximate surface area is 72.7 Å². The lowest BCUT2D eigenvalue weighted by atomic mass is 10.3. The first-order chi connectivity index (χ1) is 5.27. The van der Waals surface area contributed by atoms with Crippen molar-refractivity contribution in [2.75, 3.05) is 27.2 Å².